The fourth-order valence-electron chi connectivity index (χ4n) is 2.91. The van der Waals surface area contributed by atoms with Crippen molar-refractivity contribution in [2.24, 2.45) is 5.10 Å². The predicted molar refractivity (Wildman–Crippen MR) is 122 cm³/mol. The molecule has 2 aromatic carbocycles. The Kier molecular flexibility index (Phi) is 5.76. The van der Waals surface area contributed by atoms with Gasteiger partial charge in [-0.2, -0.15) is 5.10 Å². The van der Waals surface area contributed by atoms with Crippen LogP contribution in [0.25, 0.3) is 16.8 Å². The Hall–Kier alpha value is -2.87. The number of aliphatic hydroxyl groups is 1. The standard InChI is InChI=1S/C21H16Cl2N4O2S/c1-29-15-6-3-12(4-7-15)17-11-30-21(26-17)19-18(28)10-27(20(19)24)25-9-13-2-5-14(22)8-16(13)23/h2-9,11,24,28H,10H2,1H3/b24-20?,25-9-. The minimum atomic E-state index is 0.0509. The van der Waals surface area contributed by atoms with Gasteiger partial charge in [0.25, 0.3) is 0 Å². The third-order valence-corrected chi connectivity index (χ3v) is 5.91. The van der Waals surface area contributed by atoms with E-state index >= 15 is 0 Å². The largest absolute Gasteiger partial charge is 0.509 e. The van der Waals surface area contributed by atoms with Crippen molar-refractivity contribution in [1.82, 2.24) is 9.99 Å². The molecular weight excluding hydrogens is 443 g/mol. The van der Waals surface area contributed by atoms with Crippen LogP contribution >= 0.6 is 34.5 Å². The summed E-state index contributed by atoms with van der Waals surface area (Å²) in [4.78, 5) is 4.60. The van der Waals surface area contributed by atoms with Crippen LogP contribution in [0.1, 0.15) is 10.6 Å². The number of aliphatic hydroxyl groups excluding tert-OH is 1. The van der Waals surface area contributed by atoms with Crippen molar-refractivity contribution < 1.29 is 9.84 Å². The van der Waals surface area contributed by atoms with Crippen molar-refractivity contribution in [3.63, 3.8) is 0 Å². The first-order valence-electron chi connectivity index (χ1n) is 8.84. The summed E-state index contributed by atoms with van der Waals surface area (Å²) in [7, 11) is 1.62. The van der Waals surface area contributed by atoms with Crippen molar-refractivity contribution >= 4 is 52.2 Å². The van der Waals surface area contributed by atoms with Crippen LogP contribution in [0.4, 0.5) is 0 Å². The fourth-order valence-corrected chi connectivity index (χ4v) is 4.26. The van der Waals surface area contributed by atoms with E-state index in [0.717, 1.165) is 17.0 Å². The number of hydrogen-bond donors (Lipinski definition) is 2. The second kappa shape index (κ2) is 8.47. The molecule has 0 saturated carbocycles. The van der Waals surface area contributed by atoms with Crippen molar-refractivity contribution in [2.45, 2.75) is 0 Å². The molecule has 0 bridgehead atoms. The van der Waals surface area contributed by atoms with E-state index in [2.05, 4.69) is 10.1 Å². The quantitative estimate of drug-likeness (QED) is 0.478. The molecule has 152 valence electrons. The van der Waals surface area contributed by atoms with Crippen LogP contribution < -0.4 is 4.74 Å². The lowest BCUT2D eigenvalue weighted by Crippen LogP contribution is -2.20. The Bertz CT molecular complexity index is 1170. The molecule has 30 heavy (non-hydrogen) atoms. The molecule has 0 unspecified atom stereocenters. The van der Waals surface area contributed by atoms with E-state index in [1.165, 1.54) is 22.6 Å². The maximum absolute atomic E-state index is 10.4. The number of halogens is 2. The van der Waals surface area contributed by atoms with Crippen molar-refractivity contribution in [3.05, 3.63) is 74.2 Å². The summed E-state index contributed by atoms with van der Waals surface area (Å²) < 4.78 is 5.18. The van der Waals surface area contributed by atoms with Gasteiger partial charge in [-0.15, -0.1) is 11.3 Å². The molecule has 4 rings (SSSR count). The molecule has 0 aliphatic carbocycles. The van der Waals surface area contributed by atoms with Crippen molar-refractivity contribution in [3.8, 4) is 17.0 Å². The SMILES string of the molecule is COc1ccc(-c2csc(C3=C(O)CN(/N=C\c4ccc(Cl)cc4Cl)C3=N)n2)cc1. The Morgan fingerprint density at radius 1 is 1.23 bits per heavy atom. The molecule has 3 aromatic rings. The van der Waals surface area contributed by atoms with E-state index in [4.69, 9.17) is 33.3 Å². The molecule has 0 atom stereocenters. The van der Waals surface area contributed by atoms with Gasteiger partial charge >= 0.3 is 0 Å². The van der Waals surface area contributed by atoms with E-state index in [-0.39, 0.29) is 18.1 Å². The number of aromatic nitrogens is 1. The molecule has 6 nitrogen and oxygen atoms in total. The van der Waals surface area contributed by atoms with E-state index in [1.54, 1.807) is 25.3 Å². The van der Waals surface area contributed by atoms with Crippen LogP contribution in [-0.2, 0) is 0 Å². The Labute approximate surface area is 187 Å². The zero-order chi connectivity index (χ0) is 21.3. The maximum Gasteiger partial charge on any atom is 0.155 e. The highest BCUT2D eigenvalue weighted by Gasteiger charge is 2.30. The minimum Gasteiger partial charge on any atom is -0.509 e. The zero-order valence-electron chi connectivity index (χ0n) is 15.8. The number of ether oxygens (including phenoxy) is 1. The normalized spacial score (nSPS) is 14.2. The topological polar surface area (TPSA) is 81.8 Å². The van der Waals surface area contributed by atoms with Gasteiger partial charge in [-0.1, -0.05) is 29.3 Å². The molecular formula is C21H16Cl2N4O2S. The highest BCUT2D eigenvalue weighted by molar-refractivity contribution is 7.11. The highest BCUT2D eigenvalue weighted by atomic mass is 35.5. The van der Waals surface area contributed by atoms with Crippen LogP contribution in [0.5, 0.6) is 5.75 Å². The fraction of sp³-hybridized carbons (Fsp3) is 0.0952. The summed E-state index contributed by atoms with van der Waals surface area (Å²) in [6.45, 7) is 0.0906. The molecule has 1 aliphatic heterocycles. The maximum atomic E-state index is 10.4. The van der Waals surface area contributed by atoms with E-state index < -0.39 is 0 Å². The molecule has 0 spiro atoms. The first-order chi connectivity index (χ1) is 14.5. The van der Waals surface area contributed by atoms with E-state index in [0.29, 0.717) is 26.2 Å². The highest BCUT2D eigenvalue weighted by Crippen LogP contribution is 2.33. The third kappa shape index (κ3) is 4.05. The molecule has 0 saturated heterocycles. The predicted octanol–water partition coefficient (Wildman–Crippen LogP) is 5.72. The molecule has 1 aromatic heterocycles. The summed E-state index contributed by atoms with van der Waals surface area (Å²) in [5.41, 5.74) is 2.73. The van der Waals surface area contributed by atoms with Crippen LogP contribution in [0.15, 0.2) is 58.7 Å². The second-order valence-electron chi connectivity index (χ2n) is 6.40. The number of benzene rings is 2. The van der Waals surface area contributed by atoms with Gasteiger partial charge in [-0.25, -0.2) is 9.99 Å². The van der Waals surface area contributed by atoms with Crippen LogP contribution in [0.2, 0.25) is 10.0 Å². The average Bonchev–Trinajstić information content (AvgIpc) is 3.32. The average molecular weight is 459 g/mol. The summed E-state index contributed by atoms with van der Waals surface area (Å²) in [5, 5.41) is 28.0. The van der Waals surface area contributed by atoms with Gasteiger partial charge in [0.05, 0.1) is 29.6 Å². The van der Waals surface area contributed by atoms with Crippen LogP contribution in [-0.4, -0.2) is 40.8 Å². The molecule has 1 aliphatic rings. The second-order valence-corrected chi connectivity index (χ2v) is 8.11. The minimum absolute atomic E-state index is 0.0509. The third-order valence-electron chi connectivity index (χ3n) is 4.49. The van der Waals surface area contributed by atoms with Gasteiger partial charge < -0.3 is 9.84 Å². The lowest BCUT2D eigenvalue weighted by atomic mass is 10.1. The lowest BCUT2D eigenvalue weighted by Gasteiger charge is -2.11. The monoisotopic (exact) mass is 458 g/mol. The van der Waals surface area contributed by atoms with Crippen LogP contribution in [0, 0.1) is 5.41 Å². The zero-order valence-corrected chi connectivity index (χ0v) is 18.1. The number of hydrazone groups is 1. The van der Waals surface area contributed by atoms with Gasteiger partial charge in [0.1, 0.15) is 23.1 Å². The van der Waals surface area contributed by atoms with E-state index in [1.807, 2.05) is 29.6 Å². The molecule has 2 heterocycles. The summed E-state index contributed by atoms with van der Waals surface area (Å²) in [6, 6.07) is 12.6. The molecule has 0 amide bonds. The molecule has 0 fully saturated rings. The van der Waals surface area contributed by atoms with Crippen LogP contribution in [0.3, 0.4) is 0 Å². The first kappa shape index (κ1) is 20.4. The molecule has 9 heteroatoms. The Balaban J connectivity index is 1.54. The number of nitrogens with zero attached hydrogens (tertiary/aromatic N) is 3. The number of amidine groups is 1. The van der Waals surface area contributed by atoms with Gasteiger partial charge in [-0.3, -0.25) is 5.41 Å². The smallest absolute Gasteiger partial charge is 0.155 e. The summed E-state index contributed by atoms with van der Waals surface area (Å²) in [6.07, 6.45) is 1.54. The lowest BCUT2D eigenvalue weighted by molar-refractivity contribution is 0.358. The summed E-state index contributed by atoms with van der Waals surface area (Å²) >= 11 is 13.4. The Morgan fingerprint density at radius 2 is 2.00 bits per heavy atom. The van der Waals surface area contributed by atoms with Crippen molar-refractivity contribution in [1.29, 1.82) is 5.41 Å². The first-order valence-corrected chi connectivity index (χ1v) is 10.5. The molecule has 2 N–H and O–H groups in total. The Morgan fingerprint density at radius 3 is 2.70 bits per heavy atom. The van der Waals surface area contributed by atoms with Gasteiger partial charge in [0.15, 0.2) is 5.84 Å². The number of rotatable bonds is 5. The van der Waals surface area contributed by atoms with Gasteiger partial charge in [0.2, 0.25) is 0 Å². The van der Waals surface area contributed by atoms with Gasteiger partial charge in [0, 0.05) is 21.5 Å². The summed E-state index contributed by atoms with van der Waals surface area (Å²) in [5.74, 6) is 0.890. The van der Waals surface area contributed by atoms with E-state index in [9.17, 15) is 5.11 Å². The number of methoxy groups -OCH3 is 1. The van der Waals surface area contributed by atoms with Gasteiger partial charge in [-0.05, 0) is 36.4 Å². The molecule has 0 radical (unpaired) electrons. The number of nitrogens with one attached hydrogen (secondary N) is 1. The van der Waals surface area contributed by atoms with Crippen molar-refractivity contribution in [2.75, 3.05) is 13.7 Å². The number of thiazole rings is 1. The number of hydrogen-bond acceptors (Lipinski definition) is 6.